The number of aryl methyl sites for hydroxylation is 1. The molecule has 3 N–H and O–H groups in total. The van der Waals surface area contributed by atoms with E-state index >= 15 is 0 Å². The molecule has 1 aromatic heterocycles. The van der Waals surface area contributed by atoms with Crippen molar-refractivity contribution in [2.24, 2.45) is 18.0 Å². The number of guanidine groups is 1. The molecule has 0 aromatic carbocycles. The second kappa shape index (κ2) is 10.0. The molecule has 1 unspecified atom stereocenters. The summed E-state index contributed by atoms with van der Waals surface area (Å²) in [5.41, 5.74) is 0.507. The fourth-order valence-electron chi connectivity index (χ4n) is 2.18. The molecule has 1 amide bonds. The maximum atomic E-state index is 12.0. The fourth-order valence-corrected chi connectivity index (χ4v) is 2.18. The van der Waals surface area contributed by atoms with Crippen LogP contribution in [0.4, 0.5) is 4.79 Å². The van der Waals surface area contributed by atoms with Crippen molar-refractivity contribution >= 4 is 12.1 Å². The molecule has 0 aliphatic rings. The molecule has 0 saturated heterocycles. The van der Waals surface area contributed by atoms with E-state index in [0.717, 1.165) is 12.2 Å². The van der Waals surface area contributed by atoms with Crippen LogP contribution in [-0.2, 0) is 18.3 Å². The van der Waals surface area contributed by atoms with Crippen molar-refractivity contribution in [3.63, 3.8) is 0 Å². The minimum atomic E-state index is -0.515. The summed E-state index contributed by atoms with van der Waals surface area (Å²) >= 11 is 0. The number of amides is 1. The number of alkyl carbamates (subject to hydrolysis) is 1. The van der Waals surface area contributed by atoms with Gasteiger partial charge in [-0.1, -0.05) is 13.8 Å². The number of nitrogens with zero attached hydrogens (tertiary/aromatic N) is 3. The first-order chi connectivity index (χ1) is 12.1. The Morgan fingerprint density at radius 1 is 1.35 bits per heavy atom. The van der Waals surface area contributed by atoms with Crippen LogP contribution in [0.5, 0.6) is 0 Å². The summed E-state index contributed by atoms with van der Waals surface area (Å²) in [5, 5.41) is 13.6. The lowest BCUT2D eigenvalue weighted by molar-refractivity contribution is 0.0491. The van der Waals surface area contributed by atoms with Gasteiger partial charge >= 0.3 is 6.09 Å². The van der Waals surface area contributed by atoms with E-state index in [-0.39, 0.29) is 12.0 Å². The summed E-state index contributed by atoms with van der Waals surface area (Å²) < 4.78 is 7.15. The maximum absolute atomic E-state index is 12.0. The van der Waals surface area contributed by atoms with Crippen molar-refractivity contribution in [1.82, 2.24) is 25.7 Å². The van der Waals surface area contributed by atoms with Gasteiger partial charge in [-0.2, -0.15) is 5.10 Å². The predicted molar refractivity (Wildman–Crippen MR) is 104 cm³/mol. The van der Waals surface area contributed by atoms with E-state index in [9.17, 15) is 4.79 Å². The van der Waals surface area contributed by atoms with Crippen LogP contribution in [0.25, 0.3) is 0 Å². The van der Waals surface area contributed by atoms with E-state index in [1.54, 1.807) is 10.9 Å². The number of carbonyl (C=O) groups excluding carboxylic acids is 1. The predicted octanol–water partition coefficient (Wildman–Crippen LogP) is 2.02. The Labute approximate surface area is 156 Å². The summed E-state index contributed by atoms with van der Waals surface area (Å²) in [4.78, 5) is 16.6. The highest BCUT2D eigenvalue weighted by atomic mass is 16.6. The topological polar surface area (TPSA) is 92.6 Å². The normalized spacial score (nSPS) is 13.5. The van der Waals surface area contributed by atoms with Gasteiger partial charge in [0.2, 0.25) is 0 Å². The number of nitrogens with one attached hydrogen (secondary N) is 3. The van der Waals surface area contributed by atoms with E-state index in [0.29, 0.717) is 19.0 Å². The summed E-state index contributed by atoms with van der Waals surface area (Å²) in [6, 6.07) is 1.86. The van der Waals surface area contributed by atoms with Gasteiger partial charge in [-0.3, -0.25) is 4.68 Å². The van der Waals surface area contributed by atoms with Gasteiger partial charge in [-0.15, -0.1) is 0 Å². The first kappa shape index (κ1) is 21.8. The molecule has 26 heavy (non-hydrogen) atoms. The molecule has 8 heteroatoms. The Morgan fingerprint density at radius 3 is 2.54 bits per heavy atom. The Bertz CT molecular complexity index is 589. The lowest BCUT2D eigenvalue weighted by Gasteiger charge is -2.26. The van der Waals surface area contributed by atoms with Crippen molar-refractivity contribution in [3.05, 3.63) is 18.0 Å². The molecule has 0 fully saturated rings. The molecule has 0 aliphatic carbocycles. The van der Waals surface area contributed by atoms with Crippen LogP contribution in [-0.4, -0.2) is 46.6 Å². The van der Waals surface area contributed by atoms with Crippen LogP contribution in [0.15, 0.2) is 17.3 Å². The zero-order valence-corrected chi connectivity index (χ0v) is 17.1. The van der Waals surface area contributed by atoms with E-state index < -0.39 is 11.7 Å². The third kappa shape index (κ3) is 8.22. The summed E-state index contributed by atoms with van der Waals surface area (Å²) in [6.07, 6.45) is 1.35. The van der Waals surface area contributed by atoms with Gasteiger partial charge < -0.3 is 20.7 Å². The summed E-state index contributed by atoms with van der Waals surface area (Å²) in [5.74, 6) is 0.945. The fraction of sp³-hybridized carbons (Fsp3) is 0.722. The molecule has 0 spiro atoms. The van der Waals surface area contributed by atoms with Crippen LogP contribution in [0.1, 0.15) is 47.2 Å². The van der Waals surface area contributed by atoms with Crippen molar-refractivity contribution in [2.45, 2.75) is 59.7 Å². The number of ether oxygens (including phenoxy) is 1. The number of hydrogen-bond donors (Lipinski definition) is 3. The summed E-state index contributed by atoms with van der Waals surface area (Å²) in [6.45, 7) is 13.5. The molecule has 1 aromatic rings. The van der Waals surface area contributed by atoms with Gasteiger partial charge in [0.05, 0.1) is 18.3 Å². The second-order valence-electron chi connectivity index (χ2n) is 7.52. The first-order valence-corrected chi connectivity index (χ1v) is 9.11. The van der Waals surface area contributed by atoms with E-state index in [4.69, 9.17) is 4.74 Å². The highest BCUT2D eigenvalue weighted by molar-refractivity contribution is 5.79. The van der Waals surface area contributed by atoms with E-state index in [1.807, 2.05) is 40.8 Å². The zero-order valence-electron chi connectivity index (χ0n) is 17.1. The molecular formula is C18H34N6O2. The maximum Gasteiger partial charge on any atom is 0.407 e. The SMILES string of the molecule is CCNC(=NCc1ccnn1C)NCC(NC(=O)OC(C)(C)C)C(C)C. The zero-order chi connectivity index (χ0) is 19.7. The van der Waals surface area contributed by atoms with Crippen molar-refractivity contribution in [2.75, 3.05) is 13.1 Å². The molecule has 0 radical (unpaired) electrons. The number of hydrogen-bond acceptors (Lipinski definition) is 4. The average Bonchev–Trinajstić information content (AvgIpc) is 2.91. The van der Waals surface area contributed by atoms with Crippen LogP contribution in [0, 0.1) is 5.92 Å². The molecule has 1 atom stereocenters. The largest absolute Gasteiger partial charge is 0.444 e. The molecule has 148 valence electrons. The van der Waals surface area contributed by atoms with Crippen molar-refractivity contribution < 1.29 is 9.53 Å². The highest BCUT2D eigenvalue weighted by Gasteiger charge is 2.21. The van der Waals surface area contributed by atoms with E-state index in [1.165, 1.54) is 0 Å². The van der Waals surface area contributed by atoms with Gasteiger partial charge in [0.15, 0.2) is 5.96 Å². The molecule has 8 nitrogen and oxygen atoms in total. The minimum Gasteiger partial charge on any atom is -0.444 e. The number of aromatic nitrogens is 2. The van der Waals surface area contributed by atoms with Crippen LogP contribution < -0.4 is 16.0 Å². The number of carbonyl (C=O) groups is 1. The highest BCUT2D eigenvalue weighted by Crippen LogP contribution is 2.08. The van der Waals surface area contributed by atoms with E-state index in [2.05, 4.69) is 39.9 Å². The smallest absolute Gasteiger partial charge is 0.407 e. The summed E-state index contributed by atoms with van der Waals surface area (Å²) in [7, 11) is 1.89. The molecule has 0 aliphatic heterocycles. The molecule has 0 bridgehead atoms. The first-order valence-electron chi connectivity index (χ1n) is 9.11. The van der Waals surface area contributed by atoms with Gasteiger partial charge in [-0.05, 0) is 39.7 Å². The standard InChI is InChI=1S/C18H34N6O2/c1-8-19-16(20-11-14-9-10-22-24(14)7)21-12-15(13(2)3)23-17(25)26-18(4,5)6/h9-10,13,15H,8,11-12H2,1-7H3,(H,23,25)(H2,19,20,21). The quantitative estimate of drug-likeness (QED) is 0.507. The van der Waals surface area contributed by atoms with Gasteiger partial charge in [-0.25, -0.2) is 9.79 Å². The Kier molecular flexibility index (Phi) is 8.41. The minimum absolute atomic E-state index is 0.0783. The molecule has 1 heterocycles. The number of rotatable bonds is 7. The Hall–Kier alpha value is -2.25. The lowest BCUT2D eigenvalue weighted by atomic mass is 10.0. The molecule has 1 rings (SSSR count). The van der Waals surface area contributed by atoms with Crippen molar-refractivity contribution in [3.8, 4) is 0 Å². The van der Waals surface area contributed by atoms with Gasteiger partial charge in [0, 0.05) is 26.3 Å². The van der Waals surface area contributed by atoms with Crippen LogP contribution in [0.3, 0.4) is 0 Å². The third-order valence-corrected chi connectivity index (χ3v) is 3.66. The lowest BCUT2D eigenvalue weighted by Crippen LogP contribution is -2.50. The molecular weight excluding hydrogens is 332 g/mol. The van der Waals surface area contributed by atoms with Gasteiger partial charge in [0.1, 0.15) is 5.60 Å². The Balaban J connectivity index is 2.65. The number of aliphatic imine (C=N–C) groups is 1. The second-order valence-corrected chi connectivity index (χ2v) is 7.52. The van der Waals surface area contributed by atoms with Crippen molar-refractivity contribution in [1.29, 1.82) is 0 Å². The average molecular weight is 367 g/mol. The van der Waals surface area contributed by atoms with Crippen LogP contribution in [0.2, 0.25) is 0 Å². The van der Waals surface area contributed by atoms with Gasteiger partial charge in [0.25, 0.3) is 0 Å². The molecule has 0 saturated carbocycles. The Morgan fingerprint density at radius 2 is 2.04 bits per heavy atom. The van der Waals surface area contributed by atoms with Crippen LogP contribution >= 0.6 is 0 Å². The third-order valence-electron chi connectivity index (χ3n) is 3.66. The monoisotopic (exact) mass is 366 g/mol.